The van der Waals surface area contributed by atoms with Crippen LogP contribution in [-0.4, -0.2) is 27.5 Å². The highest BCUT2D eigenvalue weighted by Gasteiger charge is 2.34. The van der Waals surface area contributed by atoms with Crippen molar-refractivity contribution in [3.63, 3.8) is 0 Å². The summed E-state index contributed by atoms with van der Waals surface area (Å²) in [5, 5.41) is 17.8. The van der Waals surface area contributed by atoms with Gasteiger partial charge >= 0.3 is 12.3 Å². The third kappa shape index (κ3) is 3.76. The van der Waals surface area contributed by atoms with Gasteiger partial charge in [0.15, 0.2) is 11.5 Å². The number of aromatic nitrogens is 1. The Morgan fingerprint density at radius 2 is 2.11 bits per heavy atom. The number of hydrogen-bond acceptors (Lipinski definition) is 4. The van der Waals surface area contributed by atoms with Crippen LogP contribution in [0.1, 0.15) is 11.3 Å². The van der Waals surface area contributed by atoms with Gasteiger partial charge in [-0.2, -0.15) is 0 Å². The van der Waals surface area contributed by atoms with Gasteiger partial charge in [0.2, 0.25) is 0 Å². The molecular formula is C9H7BrF3NO4. The lowest BCUT2D eigenvalue weighted by Gasteiger charge is -2.15. The van der Waals surface area contributed by atoms with Crippen LogP contribution in [0.25, 0.3) is 0 Å². The summed E-state index contributed by atoms with van der Waals surface area (Å²) >= 11 is 2.90. The van der Waals surface area contributed by atoms with E-state index >= 15 is 0 Å². The van der Waals surface area contributed by atoms with Crippen LogP contribution in [0.5, 0.6) is 11.5 Å². The first kappa shape index (κ1) is 14.6. The lowest BCUT2D eigenvalue weighted by Crippen LogP contribution is -2.19. The fourth-order valence-corrected chi connectivity index (χ4v) is 1.80. The standard InChI is InChI=1S/C9H7BrF3NO4/c10-2-4-5(1-7(16)17)14-3-6(15)8(4)18-9(11,12)13/h3,15H,1-2H2,(H,16,17). The molecule has 9 heteroatoms. The minimum atomic E-state index is -4.99. The Balaban J connectivity index is 3.25. The molecule has 0 aromatic carbocycles. The molecule has 0 aliphatic rings. The topological polar surface area (TPSA) is 79.7 Å². The third-order valence-corrected chi connectivity index (χ3v) is 2.43. The van der Waals surface area contributed by atoms with Gasteiger partial charge in [0.05, 0.1) is 18.3 Å². The zero-order valence-electron chi connectivity index (χ0n) is 8.66. The maximum Gasteiger partial charge on any atom is 0.573 e. The molecule has 18 heavy (non-hydrogen) atoms. The van der Waals surface area contributed by atoms with Crippen LogP contribution in [-0.2, 0) is 16.5 Å². The summed E-state index contributed by atoms with van der Waals surface area (Å²) in [6.45, 7) is 0. The number of alkyl halides is 4. The third-order valence-electron chi connectivity index (χ3n) is 1.87. The van der Waals surface area contributed by atoms with Crippen molar-refractivity contribution in [1.29, 1.82) is 0 Å². The summed E-state index contributed by atoms with van der Waals surface area (Å²) < 4.78 is 40.1. The lowest BCUT2D eigenvalue weighted by molar-refractivity contribution is -0.275. The molecule has 2 N–H and O–H groups in total. The lowest BCUT2D eigenvalue weighted by atomic mass is 10.1. The van der Waals surface area contributed by atoms with E-state index in [2.05, 4.69) is 25.7 Å². The molecule has 5 nitrogen and oxygen atoms in total. The number of rotatable bonds is 4. The number of aromatic hydroxyl groups is 1. The molecule has 0 saturated heterocycles. The molecule has 1 heterocycles. The minimum absolute atomic E-state index is 0.114. The zero-order chi connectivity index (χ0) is 13.9. The van der Waals surface area contributed by atoms with Gasteiger partial charge in [0.1, 0.15) is 0 Å². The number of hydrogen-bond donors (Lipinski definition) is 2. The zero-order valence-corrected chi connectivity index (χ0v) is 10.2. The van der Waals surface area contributed by atoms with E-state index in [1.807, 2.05) is 0 Å². The summed E-state index contributed by atoms with van der Waals surface area (Å²) in [5.74, 6) is -2.91. The number of ether oxygens (including phenoxy) is 1. The van der Waals surface area contributed by atoms with Gasteiger partial charge in [-0.3, -0.25) is 9.78 Å². The van der Waals surface area contributed by atoms with Crippen LogP contribution in [0.3, 0.4) is 0 Å². The van der Waals surface area contributed by atoms with E-state index in [4.69, 9.17) is 5.11 Å². The van der Waals surface area contributed by atoms with E-state index in [1.54, 1.807) is 0 Å². The highest BCUT2D eigenvalue weighted by molar-refractivity contribution is 9.08. The van der Waals surface area contributed by atoms with Crippen LogP contribution in [0.2, 0.25) is 0 Å². The first-order chi connectivity index (χ1) is 8.24. The summed E-state index contributed by atoms with van der Waals surface area (Å²) in [6, 6.07) is 0. The Morgan fingerprint density at radius 1 is 1.50 bits per heavy atom. The molecule has 0 unspecified atom stereocenters. The molecule has 0 radical (unpaired) electrons. The molecule has 0 aliphatic heterocycles. The molecule has 1 aromatic heterocycles. The largest absolute Gasteiger partial charge is 0.573 e. The fourth-order valence-electron chi connectivity index (χ4n) is 1.22. The number of aliphatic carboxylic acids is 1. The van der Waals surface area contributed by atoms with Crippen LogP contribution < -0.4 is 4.74 Å². The van der Waals surface area contributed by atoms with Crippen molar-refractivity contribution in [2.24, 2.45) is 0 Å². The SMILES string of the molecule is O=C(O)Cc1ncc(O)c(OC(F)(F)F)c1CBr. The van der Waals surface area contributed by atoms with E-state index in [9.17, 15) is 23.1 Å². The Morgan fingerprint density at radius 3 is 2.56 bits per heavy atom. The first-order valence-corrected chi connectivity index (χ1v) is 5.60. The van der Waals surface area contributed by atoms with Gasteiger partial charge in [0, 0.05) is 10.9 Å². The van der Waals surface area contributed by atoms with Crippen LogP contribution in [0.15, 0.2) is 6.20 Å². The molecule has 0 bridgehead atoms. The van der Waals surface area contributed by atoms with Crippen LogP contribution in [0, 0.1) is 0 Å². The molecule has 0 spiro atoms. The summed E-state index contributed by atoms with van der Waals surface area (Å²) in [7, 11) is 0. The molecule has 1 aromatic rings. The van der Waals surface area contributed by atoms with E-state index < -0.39 is 30.3 Å². The van der Waals surface area contributed by atoms with Gasteiger partial charge in [0.25, 0.3) is 0 Å². The Bertz CT molecular complexity index is 464. The average Bonchev–Trinajstić information content (AvgIpc) is 2.20. The normalized spacial score (nSPS) is 11.3. The molecule has 100 valence electrons. The molecule has 1 rings (SSSR count). The van der Waals surface area contributed by atoms with E-state index in [0.717, 1.165) is 0 Å². The summed E-state index contributed by atoms with van der Waals surface area (Å²) in [6.07, 6.45) is -4.85. The van der Waals surface area contributed by atoms with E-state index in [0.29, 0.717) is 6.20 Å². The number of nitrogens with zero attached hydrogens (tertiary/aromatic N) is 1. The second kappa shape index (κ2) is 5.42. The number of halogens is 4. The summed E-state index contributed by atoms with van der Waals surface area (Å²) in [4.78, 5) is 14.1. The van der Waals surface area contributed by atoms with Crippen molar-refractivity contribution in [2.45, 2.75) is 18.1 Å². The van der Waals surface area contributed by atoms with Gasteiger partial charge in [-0.25, -0.2) is 0 Å². The maximum atomic E-state index is 12.1. The first-order valence-electron chi connectivity index (χ1n) is 4.47. The van der Waals surface area contributed by atoms with Crippen molar-refractivity contribution in [1.82, 2.24) is 4.98 Å². The number of pyridine rings is 1. The molecule has 0 fully saturated rings. The van der Waals surface area contributed by atoms with Crippen molar-refractivity contribution in [3.05, 3.63) is 17.5 Å². The van der Waals surface area contributed by atoms with Crippen molar-refractivity contribution >= 4 is 21.9 Å². The van der Waals surface area contributed by atoms with E-state index in [-0.39, 0.29) is 16.6 Å². The number of carboxylic acid groups (broad SMARTS) is 1. The predicted molar refractivity (Wildman–Crippen MR) is 56.6 cm³/mol. The molecule has 0 aliphatic carbocycles. The number of carbonyl (C=O) groups is 1. The highest BCUT2D eigenvalue weighted by atomic mass is 79.9. The molecule has 0 saturated carbocycles. The highest BCUT2D eigenvalue weighted by Crippen LogP contribution is 2.36. The van der Waals surface area contributed by atoms with Gasteiger partial charge in [-0.05, 0) is 0 Å². The predicted octanol–water partition coefficient (Wildman–Crippen LogP) is 2.21. The quantitative estimate of drug-likeness (QED) is 0.828. The summed E-state index contributed by atoms with van der Waals surface area (Å²) in [5.41, 5.74) is -0.272. The van der Waals surface area contributed by atoms with Crippen LogP contribution in [0.4, 0.5) is 13.2 Å². The molecule has 0 atom stereocenters. The van der Waals surface area contributed by atoms with Gasteiger partial charge in [-0.15, -0.1) is 13.2 Å². The monoisotopic (exact) mass is 329 g/mol. The van der Waals surface area contributed by atoms with Gasteiger partial charge in [-0.1, -0.05) is 15.9 Å². The maximum absolute atomic E-state index is 12.1. The van der Waals surface area contributed by atoms with Crippen LogP contribution >= 0.6 is 15.9 Å². The molecule has 0 amide bonds. The average molecular weight is 330 g/mol. The Labute approximate surface area is 107 Å². The molecular weight excluding hydrogens is 323 g/mol. The number of carboxylic acids is 1. The smallest absolute Gasteiger partial charge is 0.503 e. The second-order valence-corrected chi connectivity index (χ2v) is 3.71. The van der Waals surface area contributed by atoms with Crippen molar-refractivity contribution in [2.75, 3.05) is 0 Å². The fraction of sp³-hybridized carbons (Fsp3) is 0.333. The van der Waals surface area contributed by atoms with Crippen molar-refractivity contribution in [3.8, 4) is 11.5 Å². The van der Waals surface area contributed by atoms with Gasteiger partial charge < -0.3 is 14.9 Å². The minimum Gasteiger partial charge on any atom is -0.503 e. The Kier molecular flexibility index (Phi) is 4.38. The van der Waals surface area contributed by atoms with E-state index in [1.165, 1.54) is 0 Å². The Hall–Kier alpha value is -1.51. The second-order valence-electron chi connectivity index (χ2n) is 3.15. The van der Waals surface area contributed by atoms with Crippen molar-refractivity contribution < 1.29 is 32.9 Å².